The average Bonchev–Trinajstić information content (AvgIpc) is 2.73. The van der Waals surface area contributed by atoms with Gasteiger partial charge < -0.3 is 4.74 Å². The molecule has 1 nitrogen and oxygen atoms in total. The fraction of sp³-hybridized carbons (Fsp3) is 0.462. The standard InChI is InChI=1S/C26H32O/c1-3-5-6-21-7-9-22(10-8-21)11-12-23-13-15-24(16-14-23)25-17-19-26(20-18-25)27-4-2/h7-10,17-20,23-24H,3-6,13-16H2,1-2H3. The van der Waals surface area contributed by atoms with Crippen LogP contribution in [0.4, 0.5) is 0 Å². The van der Waals surface area contributed by atoms with Gasteiger partial charge in [0.1, 0.15) is 5.75 Å². The molecule has 0 aliphatic heterocycles. The number of unbranched alkanes of at least 4 members (excludes halogenated alkanes) is 1. The summed E-state index contributed by atoms with van der Waals surface area (Å²) in [5.74, 6) is 9.13. The van der Waals surface area contributed by atoms with E-state index < -0.39 is 0 Å². The van der Waals surface area contributed by atoms with Crippen molar-refractivity contribution in [2.45, 2.75) is 64.7 Å². The normalized spacial score (nSPS) is 19.2. The van der Waals surface area contributed by atoms with Crippen LogP contribution in [-0.4, -0.2) is 6.61 Å². The Balaban J connectivity index is 1.50. The minimum atomic E-state index is 0.545. The maximum absolute atomic E-state index is 5.55. The van der Waals surface area contributed by atoms with E-state index in [-0.39, 0.29) is 0 Å². The van der Waals surface area contributed by atoms with Gasteiger partial charge in [-0.3, -0.25) is 0 Å². The van der Waals surface area contributed by atoms with E-state index in [9.17, 15) is 0 Å². The number of rotatable bonds is 6. The van der Waals surface area contributed by atoms with Gasteiger partial charge in [0.15, 0.2) is 0 Å². The number of hydrogen-bond donors (Lipinski definition) is 0. The molecule has 2 aromatic carbocycles. The molecule has 0 bridgehead atoms. The quantitative estimate of drug-likeness (QED) is 0.517. The minimum Gasteiger partial charge on any atom is -0.494 e. The molecule has 0 heterocycles. The van der Waals surface area contributed by atoms with Gasteiger partial charge in [-0.15, -0.1) is 0 Å². The second-order valence-electron chi connectivity index (χ2n) is 7.62. The predicted octanol–water partition coefficient (Wildman–Crippen LogP) is 6.75. The molecule has 1 aliphatic rings. The van der Waals surface area contributed by atoms with Crippen molar-refractivity contribution in [3.8, 4) is 17.6 Å². The molecule has 0 unspecified atom stereocenters. The van der Waals surface area contributed by atoms with Gasteiger partial charge in [0.05, 0.1) is 6.61 Å². The lowest BCUT2D eigenvalue weighted by Gasteiger charge is -2.26. The van der Waals surface area contributed by atoms with Crippen molar-refractivity contribution in [1.82, 2.24) is 0 Å². The summed E-state index contributed by atoms with van der Waals surface area (Å²) in [5, 5.41) is 0. The molecule has 1 saturated carbocycles. The molecular weight excluding hydrogens is 328 g/mol. The third-order valence-electron chi connectivity index (χ3n) is 5.58. The average molecular weight is 361 g/mol. The van der Waals surface area contributed by atoms with Gasteiger partial charge in [0.2, 0.25) is 0 Å². The number of ether oxygens (including phenoxy) is 1. The van der Waals surface area contributed by atoms with Crippen LogP contribution in [0.5, 0.6) is 5.75 Å². The summed E-state index contributed by atoms with van der Waals surface area (Å²) >= 11 is 0. The first-order valence-corrected chi connectivity index (χ1v) is 10.6. The molecule has 0 saturated heterocycles. The van der Waals surface area contributed by atoms with Crippen molar-refractivity contribution >= 4 is 0 Å². The van der Waals surface area contributed by atoms with Gasteiger partial charge >= 0.3 is 0 Å². The zero-order valence-corrected chi connectivity index (χ0v) is 16.8. The van der Waals surface area contributed by atoms with Crippen molar-refractivity contribution in [3.05, 3.63) is 65.2 Å². The summed E-state index contributed by atoms with van der Waals surface area (Å²) in [7, 11) is 0. The van der Waals surface area contributed by atoms with Crippen LogP contribution in [0.2, 0.25) is 0 Å². The Morgan fingerprint density at radius 3 is 2.22 bits per heavy atom. The second kappa shape index (κ2) is 10.2. The summed E-state index contributed by atoms with van der Waals surface area (Å²) in [6, 6.07) is 17.5. The summed E-state index contributed by atoms with van der Waals surface area (Å²) in [4.78, 5) is 0. The summed E-state index contributed by atoms with van der Waals surface area (Å²) in [6.07, 6.45) is 8.59. The number of aryl methyl sites for hydroxylation is 1. The maximum Gasteiger partial charge on any atom is 0.119 e. The van der Waals surface area contributed by atoms with E-state index in [1.807, 2.05) is 6.92 Å². The van der Waals surface area contributed by atoms with E-state index in [1.165, 1.54) is 56.1 Å². The van der Waals surface area contributed by atoms with Crippen molar-refractivity contribution in [2.24, 2.45) is 5.92 Å². The van der Waals surface area contributed by atoms with E-state index in [0.717, 1.165) is 17.9 Å². The van der Waals surface area contributed by atoms with E-state index in [2.05, 4.69) is 67.3 Å². The molecule has 0 aromatic heterocycles. The molecule has 0 atom stereocenters. The lowest BCUT2D eigenvalue weighted by Crippen LogP contribution is -2.12. The first-order chi connectivity index (χ1) is 13.3. The van der Waals surface area contributed by atoms with Crippen LogP contribution in [0.3, 0.4) is 0 Å². The second-order valence-corrected chi connectivity index (χ2v) is 7.62. The van der Waals surface area contributed by atoms with Crippen LogP contribution in [0.1, 0.15) is 75.0 Å². The highest BCUT2D eigenvalue weighted by atomic mass is 16.5. The van der Waals surface area contributed by atoms with Gasteiger partial charge in [0, 0.05) is 11.5 Å². The van der Waals surface area contributed by atoms with Gasteiger partial charge in [0.25, 0.3) is 0 Å². The molecule has 0 N–H and O–H groups in total. The van der Waals surface area contributed by atoms with Crippen LogP contribution in [-0.2, 0) is 6.42 Å². The first kappa shape index (κ1) is 19.6. The zero-order chi connectivity index (χ0) is 18.9. The van der Waals surface area contributed by atoms with Gasteiger partial charge in [-0.05, 0) is 86.8 Å². The van der Waals surface area contributed by atoms with Gasteiger partial charge in [-0.1, -0.05) is 49.5 Å². The largest absolute Gasteiger partial charge is 0.494 e. The minimum absolute atomic E-state index is 0.545. The molecule has 0 spiro atoms. The Morgan fingerprint density at radius 1 is 0.889 bits per heavy atom. The van der Waals surface area contributed by atoms with Crippen LogP contribution >= 0.6 is 0 Å². The van der Waals surface area contributed by atoms with Crippen molar-refractivity contribution in [2.75, 3.05) is 6.61 Å². The van der Waals surface area contributed by atoms with Gasteiger partial charge in [-0.25, -0.2) is 0 Å². The zero-order valence-electron chi connectivity index (χ0n) is 16.8. The van der Waals surface area contributed by atoms with E-state index >= 15 is 0 Å². The monoisotopic (exact) mass is 360 g/mol. The molecule has 142 valence electrons. The number of hydrogen-bond acceptors (Lipinski definition) is 1. The lowest BCUT2D eigenvalue weighted by atomic mass is 9.79. The highest BCUT2D eigenvalue weighted by Gasteiger charge is 2.21. The van der Waals surface area contributed by atoms with Gasteiger partial charge in [-0.2, -0.15) is 0 Å². The van der Waals surface area contributed by atoms with Crippen molar-refractivity contribution in [1.29, 1.82) is 0 Å². The lowest BCUT2D eigenvalue weighted by molar-refractivity contribution is 0.339. The van der Waals surface area contributed by atoms with E-state index in [4.69, 9.17) is 4.74 Å². The highest BCUT2D eigenvalue weighted by molar-refractivity contribution is 5.37. The van der Waals surface area contributed by atoms with E-state index in [1.54, 1.807) is 0 Å². The summed E-state index contributed by atoms with van der Waals surface area (Å²) in [6.45, 7) is 4.99. The fourth-order valence-corrected chi connectivity index (χ4v) is 3.90. The Hall–Kier alpha value is -2.20. The Labute approximate surface area is 165 Å². The Morgan fingerprint density at radius 2 is 1.59 bits per heavy atom. The third-order valence-corrected chi connectivity index (χ3v) is 5.58. The molecule has 3 rings (SSSR count). The fourth-order valence-electron chi connectivity index (χ4n) is 3.90. The first-order valence-electron chi connectivity index (χ1n) is 10.6. The molecule has 0 radical (unpaired) electrons. The highest BCUT2D eigenvalue weighted by Crippen LogP contribution is 2.36. The topological polar surface area (TPSA) is 9.23 Å². The molecule has 1 fully saturated rings. The van der Waals surface area contributed by atoms with Crippen LogP contribution in [0, 0.1) is 17.8 Å². The smallest absolute Gasteiger partial charge is 0.119 e. The predicted molar refractivity (Wildman–Crippen MR) is 114 cm³/mol. The summed E-state index contributed by atoms with van der Waals surface area (Å²) in [5.41, 5.74) is 4.04. The molecule has 0 amide bonds. The van der Waals surface area contributed by atoms with Crippen molar-refractivity contribution < 1.29 is 4.74 Å². The van der Waals surface area contributed by atoms with Crippen LogP contribution < -0.4 is 4.74 Å². The Kier molecular flexibility index (Phi) is 7.40. The maximum atomic E-state index is 5.55. The van der Waals surface area contributed by atoms with Crippen LogP contribution in [0.15, 0.2) is 48.5 Å². The molecular formula is C26H32O. The molecule has 2 aromatic rings. The molecule has 27 heavy (non-hydrogen) atoms. The van der Waals surface area contributed by atoms with Crippen LogP contribution in [0.25, 0.3) is 0 Å². The third kappa shape index (κ3) is 5.90. The van der Waals surface area contributed by atoms with E-state index in [0.29, 0.717) is 11.8 Å². The Bertz CT molecular complexity index is 738. The van der Waals surface area contributed by atoms with Crippen molar-refractivity contribution in [3.63, 3.8) is 0 Å². The summed E-state index contributed by atoms with van der Waals surface area (Å²) < 4.78 is 5.55. The molecule has 1 aliphatic carbocycles. The molecule has 1 heteroatoms. The SMILES string of the molecule is CCCCc1ccc(C#CC2CCC(c3ccc(OCC)cc3)CC2)cc1. The number of benzene rings is 2.